The van der Waals surface area contributed by atoms with Crippen molar-refractivity contribution < 1.29 is 9.18 Å². The average molecular weight is 358 g/mol. The van der Waals surface area contributed by atoms with E-state index in [9.17, 15) is 9.18 Å². The molecular weight excluding hydrogens is 347 g/mol. The number of amides is 2. The summed E-state index contributed by atoms with van der Waals surface area (Å²) < 4.78 is 14.5. The minimum atomic E-state index is -0.583. The SMILES string of the molecule is Cc1cc(Br)ccc1NC(=O)Nc1c(F)cccc1Cl. The number of urea groups is 1. The molecule has 2 amide bonds. The van der Waals surface area contributed by atoms with Crippen LogP contribution in [0.2, 0.25) is 5.02 Å². The summed E-state index contributed by atoms with van der Waals surface area (Å²) in [6, 6.07) is 9.08. The molecule has 0 aliphatic carbocycles. The lowest BCUT2D eigenvalue weighted by Gasteiger charge is -2.11. The van der Waals surface area contributed by atoms with Gasteiger partial charge in [0.1, 0.15) is 5.82 Å². The van der Waals surface area contributed by atoms with Crippen LogP contribution >= 0.6 is 27.5 Å². The number of benzene rings is 2. The minimum Gasteiger partial charge on any atom is -0.307 e. The summed E-state index contributed by atoms with van der Waals surface area (Å²) in [7, 11) is 0. The van der Waals surface area contributed by atoms with Crippen molar-refractivity contribution in [1.82, 2.24) is 0 Å². The van der Waals surface area contributed by atoms with Crippen LogP contribution in [0.15, 0.2) is 40.9 Å². The van der Waals surface area contributed by atoms with Crippen LogP contribution in [0.25, 0.3) is 0 Å². The molecule has 3 nitrogen and oxygen atoms in total. The number of hydrogen-bond donors (Lipinski definition) is 2. The maximum Gasteiger partial charge on any atom is 0.323 e. The topological polar surface area (TPSA) is 41.1 Å². The van der Waals surface area contributed by atoms with Crippen LogP contribution in [0.1, 0.15) is 5.56 Å². The van der Waals surface area contributed by atoms with Gasteiger partial charge in [0, 0.05) is 10.2 Å². The van der Waals surface area contributed by atoms with Gasteiger partial charge in [-0.25, -0.2) is 9.18 Å². The minimum absolute atomic E-state index is 0.0403. The van der Waals surface area contributed by atoms with E-state index in [1.807, 2.05) is 13.0 Å². The first-order chi connectivity index (χ1) is 9.47. The number of hydrogen-bond acceptors (Lipinski definition) is 1. The maximum atomic E-state index is 13.5. The number of carbonyl (C=O) groups excluding carboxylic acids is 1. The zero-order chi connectivity index (χ0) is 14.7. The number of para-hydroxylation sites is 1. The Morgan fingerprint density at radius 2 is 2.00 bits per heavy atom. The molecule has 2 rings (SSSR count). The molecule has 6 heteroatoms. The molecule has 0 fully saturated rings. The first-order valence-electron chi connectivity index (χ1n) is 5.75. The second kappa shape index (κ2) is 6.24. The van der Waals surface area contributed by atoms with Crippen molar-refractivity contribution in [3.8, 4) is 0 Å². The Kier molecular flexibility index (Phi) is 4.62. The zero-order valence-corrected chi connectivity index (χ0v) is 12.8. The molecule has 2 N–H and O–H groups in total. The van der Waals surface area contributed by atoms with Gasteiger partial charge < -0.3 is 10.6 Å². The molecule has 0 saturated heterocycles. The summed E-state index contributed by atoms with van der Waals surface area (Å²) in [5.74, 6) is -0.583. The fraction of sp³-hybridized carbons (Fsp3) is 0.0714. The first kappa shape index (κ1) is 14.8. The van der Waals surface area contributed by atoms with E-state index in [0.717, 1.165) is 10.0 Å². The van der Waals surface area contributed by atoms with E-state index >= 15 is 0 Å². The van der Waals surface area contributed by atoms with Gasteiger partial charge in [0.05, 0.1) is 10.7 Å². The van der Waals surface area contributed by atoms with Gasteiger partial charge in [-0.3, -0.25) is 0 Å². The molecule has 0 unspecified atom stereocenters. The third kappa shape index (κ3) is 3.49. The Morgan fingerprint density at radius 1 is 1.25 bits per heavy atom. The quantitative estimate of drug-likeness (QED) is 0.762. The molecular formula is C14H11BrClFN2O. The Bertz CT molecular complexity index is 643. The molecule has 0 aromatic heterocycles. The molecule has 2 aromatic rings. The molecule has 0 saturated carbocycles. The molecule has 104 valence electrons. The second-order valence-corrected chi connectivity index (χ2v) is 5.46. The summed E-state index contributed by atoms with van der Waals surface area (Å²) >= 11 is 9.18. The van der Waals surface area contributed by atoms with E-state index in [0.29, 0.717) is 5.69 Å². The molecule has 0 aliphatic heterocycles. The van der Waals surface area contributed by atoms with Gasteiger partial charge in [-0.05, 0) is 42.8 Å². The summed E-state index contributed by atoms with van der Waals surface area (Å²) in [6.07, 6.45) is 0. The summed E-state index contributed by atoms with van der Waals surface area (Å²) in [4.78, 5) is 11.9. The highest BCUT2D eigenvalue weighted by Gasteiger charge is 2.11. The number of halogens is 3. The van der Waals surface area contributed by atoms with Crippen LogP contribution < -0.4 is 10.6 Å². The van der Waals surface area contributed by atoms with Crippen LogP contribution in [0, 0.1) is 12.7 Å². The third-order valence-corrected chi connectivity index (χ3v) is 3.45. The Hall–Kier alpha value is -1.59. The fourth-order valence-electron chi connectivity index (χ4n) is 1.65. The summed E-state index contributed by atoms with van der Waals surface area (Å²) in [5.41, 5.74) is 1.48. The number of anilines is 2. The first-order valence-corrected chi connectivity index (χ1v) is 6.92. The molecule has 0 heterocycles. The van der Waals surface area contributed by atoms with E-state index in [2.05, 4.69) is 26.6 Å². The van der Waals surface area contributed by atoms with Crippen molar-refractivity contribution in [3.05, 3.63) is 57.3 Å². The van der Waals surface area contributed by atoms with Gasteiger partial charge in [0.2, 0.25) is 0 Å². The molecule has 0 bridgehead atoms. The number of rotatable bonds is 2. The summed E-state index contributed by atoms with van der Waals surface area (Å²) in [6.45, 7) is 1.86. The van der Waals surface area contributed by atoms with Gasteiger partial charge in [0.15, 0.2) is 0 Å². The summed E-state index contributed by atoms with van der Waals surface area (Å²) in [5, 5.41) is 5.19. The zero-order valence-electron chi connectivity index (χ0n) is 10.5. The van der Waals surface area contributed by atoms with E-state index in [-0.39, 0.29) is 10.7 Å². The van der Waals surface area contributed by atoms with Crippen LogP contribution in [0.4, 0.5) is 20.6 Å². The monoisotopic (exact) mass is 356 g/mol. The third-order valence-electron chi connectivity index (χ3n) is 2.64. The lowest BCUT2D eigenvalue weighted by molar-refractivity contribution is 0.262. The second-order valence-electron chi connectivity index (χ2n) is 4.14. The van der Waals surface area contributed by atoms with Crippen molar-refractivity contribution >= 4 is 44.9 Å². The number of carbonyl (C=O) groups is 1. The smallest absolute Gasteiger partial charge is 0.307 e. The van der Waals surface area contributed by atoms with Crippen molar-refractivity contribution in [2.75, 3.05) is 10.6 Å². The van der Waals surface area contributed by atoms with Crippen molar-refractivity contribution in [3.63, 3.8) is 0 Å². The van der Waals surface area contributed by atoms with Crippen molar-refractivity contribution in [2.24, 2.45) is 0 Å². The molecule has 0 atom stereocenters. The number of aryl methyl sites for hydroxylation is 1. The van der Waals surface area contributed by atoms with Crippen molar-refractivity contribution in [1.29, 1.82) is 0 Å². The highest BCUT2D eigenvalue weighted by atomic mass is 79.9. The molecule has 0 aliphatic rings. The molecule has 2 aromatic carbocycles. The van der Waals surface area contributed by atoms with Gasteiger partial charge in [-0.15, -0.1) is 0 Å². The van der Waals surface area contributed by atoms with Gasteiger partial charge in [0.25, 0.3) is 0 Å². The average Bonchev–Trinajstić information content (AvgIpc) is 2.37. The predicted molar refractivity (Wildman–Crippen MR) is 82.9 cm³/mol. The molecule has 20 heavy (non-hydrogen) atoms. The van der Waals surface area contributed by atoms with Crippen molar-refractivity contribution in [2.45, 2.75) is 6.92 Å². The highest BCUT2D eigenvalue weighted by Crippen LogP contribution is 2.25. The Morgan fingerprint density at radius 3 is 2.65 bits per heavy atom. The molecule has 0 spiro atoms. The largest absolute Gasteiger partial charge is 0.323 e. The standard InChI is InChI=1S/C14H11BrClFN2O/c1-8-7-9(15)5-6-12(8)18-14(20)19-13-10(16)3-2-4-11(13)17/h2-7H,1H3,(H2,18,19,20). The van der Waals surface area contributed by atoms with E-state index in [4.69, 9.17) is 11.6 Å². The predicted octanol–water partition coefficient (Wildman–Crippen LogP) is 5.19. The van der Waals surface area contributed by atoms with Crippen LogP contribution in [0.5, 0.6) is 0 Å². The van der Waals surface area contributed by atoms with Gasteiger partial charge in [-0.2, -0.15) is 0 Å². The van der Waals surface area contributed by atoms with Gasteiger partial charge >= 0.3 is 6.03 Å². The number of nitrogens with one attached hydrogen (secondary N) is 2. The Labute approximate surface area is 129 Å². The van der Waals surface area contributed by atoms with Crippen LogP contribution in [-0.2, 0) is 0 Å². The molecule has 0 radical (unpaired) electrons. The maximum absolute atomic E-state index is 13.5. The normalized spacial score (nSPS) is 10.2. The highest BCUT2D eigenvalue weighted by molar-refractivity contribution is 9.10. The van der Waals surface area contributed by atoms with Crippen LogP contribution in [-0.4, -0.2) is 6.03 Å². The van der Waals surface area contributed by atoms with E-state index in [1.54, 1.807) is 12.1 Å². The lowest BCUT2D eigenvalue weighted by Crippen LogP contribution is -2.20. The lowest BCUT2D eigenvalue weighted by atomic mass is 10.2. The van der Waals surface area contributed by atoms with Crippen LogP contribution in [0.3, 0.4) is 0 Å². The Balaban J connectivity index is 2.13. The van der Waals surface area contributed by atoms with E-state index < -0.39 is 11.8 Å². The van der Waals surface area contributed by atoms with E-state index in [1.165, 1.54) is 18.2 Å². The fourth-order valence-corrected chi connectivity index (χ4v) is 2.34. The van der Waals surface area contributed by atoms with Gasteiger partial charge in [-0.1, -0.05) is 33.6 Å².